The fraction of sp³-hybridized carbons (Fsp3) is 0.480. The molecule has 0 bridgehead atoms. The average Bonchev–Trinajstić information content (AvgIpc) is 2.78. The minimum atomic E-state index is -0.943. The molecular formula is C25H28F2N2O6. The molecule has 0 radical (unpaired) electrons. The van der Waals surface area contributed by atoms with Gasteiger partial charge >= 0.3 is 0 Å². The Kier molecular flexibility index (Phi) is 6.79. The van der Waals surface area contributed by atoms with E-state index in [1.807, 2.05) is 13.8 Å². The zero-order valence-electron chi connectivity index (χ0n) is 19.8. The first-order valence-electron chi connectivity index (χ1n) is 11.5. The summed E-state index contributed by atoms with van der Waals surface area (Å²) in [5, 5.41) is 10.8. The third-order valence-electron chi connectivity index (χ3n) is 6.82. The van der Waals surface area contributed by atoms with Crippen molar-refractivity contribution in [2.75, 3.05) is 20.4 Å². The Hall–Kier alpha value is -3.11. The number of fused-ring (bicyclic) bond motifs is 2. The Morgan fingerprint density at radius 1 is 1.26 bits per heavy atom. The number of hydrogen-bond donors (Lipinski definition) is 1. The molecule has 10 heteroatoms. The number of aromatic nitrogens is 1. The monoisotopic (exact) mass is 490 g/mol. The average molecular weight is 491 g/mol. The Bertz CT molecular complexity index is 1220. The first kappa shape index (κ1) is 25.0. The minimum Gasteiger partial charge on any atom is -0.503 e. The molecule has 1 amide bonds. The van der Waals surface area contributed by atoms with Crippen LogP contribution in [0.4, 0.5) is 8.78 Å². The number of amides is 1. The highest BCUT2D eigenvalue weighted by atomic mass is 19.1. The molecule has 4 rings (SSSR count). The Morgan fingerprint density at radius 2 is 1.97 bits per heavy atom. The Labute approximate surface area is 201 Å². The normalized spacial score (nSPS) is 21.4. The van der Waals surface area contributed by atoms with Crippen molar-refractivity contribution >= 4 is 11.7 Å². The third-order valence-corrected chi connectivity index (χ3v) is 6.82. The number of ketones is 1. The largest absolute Gasteiger partial charge is 0.503 e. The molecule has 1 aromatic heterocycles. The molecule has 1 saturated carbocycles. The van der Waals surface area contributed by atoms with Gasteiger partial charge in [-0.15, -0.1) is 0 Å². The van der Waals surface area contributed by atoms with E-state index in [9.17, 15) is 28.3 Å². The van der Waals surface area contributed by atoms with Gasteiger partial charge in [-0.3, -0.25) is 14.4 Å². The van der Waals surface area contributed by atoms with Crippen molar-refractivity contribution in [2.24, 2.45) is 0 Å². The molecule has 188 valence electrons. The molecule has 8 nitrogen and oxygen atoms in total. The summed E-state index contributed by atoms with van der Waals surface area (Å²) < 4.78 is 39.3. The molecule has 35 heavy (non-hydrogen) atoms. The summed E-state index contributed by atoms with van der Waals surface area (Å²) in [6.45, 7) is 4.14. The molecule has 2 aromatic rings. The van der Waals surface area contributed by atoms with E-state index in [4.69, 9.17) is 9.47 Å². The lowest BCUT2D eigenvalue weighted by Gasteiger charge is -2.54. The van der Waals surface area contributed by atoms with E-state index in [0.29, 0.717) is 19.4 Å². The molecule has 1 N–H and O–H groups in total. The maximum Gasteiger partial charge on any atom is 0.274 e. The maximum absolute atomic E-state index is 14.0. The first-order valence-corrected chi connectivity index (χ1v) is 11.5. The molecule has 1 fully saturated rings. The number of carbonyl (C=O) groups excluding carboxylic acids is 2. The molecule has 1 aliphatic carbocycles. The van der Waals surface area contributed by atoms with Crippen LogP contribution in [0, 0.1) is 11.6 Å². The van der Waals surface area contributed by atoms with Crippen molar-refractivity contribution in [2.45, 2.75) is 57.2 Å². The van der Waals surface area contributed by atoms with Gasteiger partial charge in [0.15, 0.2) is 17.2 Å². The summed E-state index contributed by atoms with van der Waals surface area (Å²) in [6, 6.07) is 2.90. The van der Waals surface area contributed by atoms with Crippen LogP contribution in [-0.2, 0) is 21.4 Å². The summed E-state index contributed by atoms with van der Waals surface area (Å²) in [6.07, 6.45) is 1.91. The van der Waals surface area contributed by atoms with Gasteiger partial charge in [-0.25, -0.2) is 8.78 Å². The van der Waals surface area contributed by atoms with Gasteiger partial charge in [-0.1, -0.05) is 6.07 Å². The van der Waals surface area contributed by atoms with E-state index in [1.165, 1.54) is 19.4 Å². The highest BCUT2D eigenvalue weighted by molar-refractivity contribution is 6.00. The number of Topliss-reactive ketones (excluding diaryl/α,β-unsaturated/α-hetero) is 1. The molecule has 1 aromatic carbocycles. The van der Waals surface area contributed by atoms with Gasteiger partial charge in [0, 0.05) is 38.4 Å². The number of rotatable bonds is 8. The quantitative estimate of drug-likeness (QED) is 0.451. The summed E-state index contributed by atoms with van der Waals surface area (Å²) in [5.41, 5.74) is -1.89. The molecule has 0 saturated heterocycles. The van der Waals surface area contributed by atoms with Gasteiger partial charge < -0.3 is 24.0 Å². The van der Waals surface area contributed by atoms with Gasteiger partial charge in [-0.05, 0) is 44.7 Å². The van der Waals surface area contributed by atoms with Crippen molar-refractivity contribution in [3.05, 3.63) is 63.1 Å². The molecule has 0 atom stereocenters. The van der Waals surface area contributed by atoms with E-state index in [1.54, 1.807) is 9.47 Å². The number of methoxy groups -OCH3 is 1. The van der Waals surface area contributed by atoms with Crippen LogP contribution in [0.15, 0.2) is 29.2 Å². The third kappa shape index (κ3) is 4.48. The predicted molar refractivity (Wildman–Crippen MR) is 122 cm³/mol. The first-order chi connectivity index (χ1) is 16.6. The van der Waals surface area contributed by atoms with Crippen LogP contribution in [0.25, 0.3) is 0 Å². The lowest BCUT2D eigenvalue weighted by Crippen LogP contribution is -2.63. The molecule has 1 aliphatic heterocycles. The number of pyridine rings is 1. The molecule has 2 aliphatic rings. The lowest BCUT2D eigenvalue weighted by atomic mass is 9.71. The molecule has 2 heterocycles. The number of ether oxygens (including phenoxy) is 2. The zero-order valence-corrected chi connectivity index (χ0v) is 19.8. The van der Waals surface area contributed by atoms with Crippen LogP contribution >= 0.6 is 0 Å². The molecule has 0 unspecified atom stereocenters. The van der Waals surface area contributed by atoms with Gasteiger partial charge in [0.2, 0.25) is 5.43 Å². The van der Waals surface area contributed by atoms with Crippen LogP contribution < -0.4 is 5.43 Å². The van der Waals surface area contributed by atoms with Crippen LogP contribution in [0.2, 0.25) is 0 Å². The summed E-state index contributed by atoms with van der Waals surface area (Å²) in [7, 11) is 1.52. The van der Waals surface area contributed by atoms with Crippen molar-refractivity contribution in [3.63, 3.8) is 0 Å². The van der Waals surface area contributed by atoms with Crippen LogP contribution in [0.3, 0.4) is 0 Å². The van der Waals surface area contributed by atoms with Crippen molar-refractivity contribution < 1.29 is 33.0 Å². The van der Waals surface area contributed by atoms with Gasteiger partial charge in [0.05, 0.1) is 17.2 Å². The van der Waals surface area contributed by atoms with Crippen molar-refractivity contribution in [3.8, 4) is 5.75 Å². The van der Waals surface area contributed by atoms with Gasteiger partial charge in [0.1, 0.15) is 18.4 Å². The highest BCUT2D eigenvalue weighted by Crippen LogP contribution is 2.46. The summed E-state index contributed by atoms with van der Waals surface area (Å²) >= 11 is 0. The SMILES string of the molecule is COCOC1CC2(C1)CN(C(C)C)C(=O)c1c(O)c(=O)c(C(=O)CCc3ccc(F)cc3F)cn12. The van der Waals surface area contributed by atoms with Crippen molar-refractivity contribution in [1.29, 1.82) is 0 Å². The number of aromatic hydroxyl groups is 1. The second kappa shape index (κ2) is 9.50. The number of aryl methyl sites for hydroxylation is 1. The van der Waals surface area contributed by atoms with E-state index < -0.39 is 40.0 Å². The second-order valence-corrected chi connectivity index (χ2v) is 9.45. The second-order valence-electron chi connectivity index (χ2n) is 9.45. The lowest BCUT2D eigenvalue weighted by molar-refractivity contribution is -0.143. The Morgan fingerprint density at radius 3 is 2.60 bits per heavy atom. The highest BCUT2D eigenvalue weighted by Gasteiger charge is 2.53. The van der Waals surface area contributed by atoms with E-state index in [0.717, 1.165) is 12.1 Å². The summed E-state index contributed by atoms with van der Waals surface area (Å²) in [4.78, 5) is 40.7. The fourth-order valence-corrected chi connectivity index (χ4v) is 4.90. The number of hydrogen-bond acceptors (Lipinski definition) is 6. The van der Waals surface area contributed by atoms with Gasteiger partial charge in [0.25, 0.3) is 5.91 Å². The van der Waals surface area contributed by atoms with E-state index in [-0.39, 0.29) is 48.6 Å². The standard InChI is InChI=1S/C25H28F2N2O6/c1-14(2)28-12-25(9-17(10-25)35-13-34-3)29-11-18(22(31)23(32)21(29)24(28)33)20(30)7-5-15-4-6-16(26)8-19(15)27/h4,6,8,11,14,17,32H,5,7,9-10,12-13H2,1-3H3. The minimum absolute atomic E-state index is 0.0506. The number of carbonyl (C=O) groups is 2. The molecular weight excluding hydrogens is 462 g/mol. The topological polar surface area (TPSA) is 98.1 Å². The zero-order chi connectivity index (χ0) is 25.5. The van der Waals surface area contributed by atoms with Crippen LogP contribution in [-0.4, -0.2) is 58.9 Å². The number of benzene rings is 1. The van der Waals surface area contributed by atoms with E-state index >= 15 is 0 Å². The number of nitrogens with zero attached hydrogens (tertiary/aromatic N) is 2. The maximum atomic E-state index is 14.0. The Balaban J connectivity index is 1.68. The number of halogens is 2. The smallest absolute Gasteiger partial charge is 0.274 e. The van der Waals surface area contributed by atoms with E-state index in [2.05, 4.69) is 0 Å². The van der Waals surface area contributed by atoms with Crippen LogP contribution in [0.5, 0.6) is 5.75 Å². The van der Waals surface area contributed by atoms with Gasteiger partial charge in [-0.2, -0.15) is 0 Å². The molecule has 1 spiro atoms. The summed E-state index contributed by atoms with van der Waals surface area (Å²) in [5.74, 6) is -3.38. The van der Waals surface area contributed by atoms with Crippen LogP contribution in [0.1, 0.15) is 59.5 Å². The van der Waals surface area contributed by atoms with Crippen molar-refractivity contribution in [1.82, 2.24) is 9.47 Å². The predicted octanol–water partition coefficient (Wildman–Crippen LogP) is 2.99. The fourth-order valence-electron chi connectivity index (χ4n) is 4.90.